The number of hydrogen-bond donors (Lipinski definition) is 2. The fraction of sp³-hybridized carbons (Fsp3) is 1.00. The highest BCUT2D eigenvalue weighted by molar-refractivity contribution is 5.04. The third-order valence-electron chi connectivity index (χ3n) is 6.65. The van der Waals surface area contributed by atoms with Crippen molar-refractivity contribution < 1.29 is 5.11 Å². The van der Waals surface area contributed by atoms with Crippen LogP contribution in [-0.2, 0) is 0 Å². The van der Waals surface area contributed by atoms with Gasteiger partial charge < -0.3 is 10.8 Å². The molecule has 2 nitrogen and oxygen atoms in total. The number of aliphatic hydroxyl groups is 1. The molecule has 0 heterocycles. The SMILES string of the molecule is CC1CCC(O)(C2(CN)CCC(C(C)(C)C)CC2)CC1. The molecule has 0 radical (unpaired) electrons. The molecule has 0 saturated heterocycles. The fourth-order valence-corrected chi connectivity index (χ4v) is 4.67. The summed E-state index contributed by atoms with van der Waals surface area (Å²) in [6.45, 7) is 10.0. The Morgan fingerprint density at radius 3 is 1.90 bits per heavy atom. The van der Waals surface area contributed by atoms with E-state index in [2.05, 4.69) is 27.7 Å². The zero-order valence-corrected chi connectivity index (χ0v) is 14.0. The van der Waals surface area contributed by atoms with E-state index in [9.17, 15) is 5.11 Å². The molecule has 118 valence electrons. The first-order valence-electron chi connectivity index (χ1n) is 8.65. The van der Waals surface area contributed by atoms with Crippen LogP contribution in [0.5, 0.6) is 0 Å². The topological polar surface area (TPSA) is 46.2 Å². The highest BCUT2D eigenvalue weighted by Gasteiger charge is 2.52. The standard InChI is InChI=1S/C18H35NO/c1-14-5-11-18(20,12-6-14)17(13-19)9-7-15(8-10-17)16(2,3)4/h14-15,20H,5-13,19H2,1-4H3. The smallest absolute Gasteiger partial charge is 0.0716 e. The van der Waals surface area contributed by atoms with Crippen LogP contribution >= 0.6 is 0 Å². The monoisotopic (exact) mass is 281 g/mol. The normalized spacial score (nSPS) is 43.5. The Labute approximate surface area is 125 Å². The lowest BCUT2D eigenvalue weighted by Crippen LogP contribution is -2.56. The molecule has 2 fully saturated rings. The van der Waals surface area contributed by atoms with Crippen molar-refractivity contribution in [3.63, 3.8) is 0 Å². The van der Waals surface area contributed by atoms with Gasteiger partial charge in [0.2, 0.25) is 0 Å². The Hall–Kier alpha value is -0.0800. The predicted molar refractivity (Wildman–Crippen MR) is 85.5 cm³/mol. The van der Waals surface area contributed by atoms with E-state index in [0.717, 1.165) is 37.5 Å². The Bertz CT molecular complexity index is 315. The maximum Gasteiger partial charge on any atom is 0.0716 e. The zero-order valence-electron chi connectivity index (χ0n) is 14.0. The van der Waals surface area contributed by atoms with Gasteiger partial charge in [-0.25, -0.2) is 0 Å². The minimum Gasteiger partial charge on any atom is -0.389 e. The second kappa shape index (κ2) is 5.61. The molecule has 20 heavy (non-hydrogen) atoms. The van der Waals surface area contributed by atoms with Gasteiger partial charge in [-0.1, -0.05) is 27.7 Å². The molecule has 3 N–H and O–H groups in total. The predicted octanol–water partition coefficient (Wildman–Crippen LogP) is 4.11. The van der Waals surface area contributed by atoms with Crippen molar-refractivity contribution in [1.29, 1.82) is 0 Å². The van der Waals surface area contributed by atoms with E-state index in [-0.39, 0.29) is 5.41 Å². The minimum atomic E-state index is -0.489. The van der Waals surface area contributed by atoms with Gasteiger partial charge in [0.05, 0.1) is 5.60 Å². The molecule has 2 aliphatic rings. The highest BCUT2D eigenvalue weighted by Crippen LogP contribution is 2.54. The lowest BCUT2D eigenvalue weighted by molar-refractivity contribution is -0.136. The molecule has 0 atom stereocenters. The average molecular weight is 281 g/mol. The molecule has 0 bridgehead atoms. The Morgan fingerprint density at radius 1 is 1.00 bits per heavy atom. The number of nitrogens with two attached hydrogens (primary N) is 1. The Morgan fingerprint density at radius 2 is 1.50 bits per heavy atom. The van der Waals surface area contributed by atoms with Gasteiger partial charge in [0.25, 0.3) is 0 Å². The minimum absolute atomic E-state index is 0.00507. The molecule has 2 aliphatic carbocycles. The number of rotatable bonds is 2. The van der Waals surface area contributed by atoms with E-state index in [0.29, 0.717) is 12.0 Å². The van der Waals surface area contributed by atoms with Crippen molar-refractivity contribution in [2.24, 2.45) is 28.4 Å². The summed E-state index contributed by atoms with van der Waals surface area (Å²) in [6, 6.07) is 0. The second-order valence-electron chi connectivity index (χ2n) is 8.84. The molecule has 0 aromatic carbocycles. The summed E-state index contributed by atoms with van der Waals surface area (Å²) < 4.78 is 0. The first-order valence-corrected chi connectivity index (χ1v) is 8.65. The fourth-order valence-electron chi connectivity index (χ4n) is 4.67. The molecule has 2 rings (SSSR count). The van der Waals surface area contributed by atoms with Crippen molar-refractivity contribution in [3.8, 4) is 0 Å². The lowest BCUT2D eigenvalue weighted by atomic mass is 9.54. The van der Waals surface area contributed by atoms with Gasteiger partial charge >= 0.3 is 0 Å². The van der Waals surface area contributed by atoms with Crippen LogP contribution in [0.25, 0.3) is 0 Å². The van der Waals surface area contributed by atoms with Gasteiger partial charge in [0, 0.05) is 12.0 Å². The van der Waals surface area contributed by atoms with Gasteiger partial charge in [-0.15, -0.1) is 0 Å². The first kappa shape index (κ1) is 16.3. The summed E-state index contributed by atoms with van der Waals surface area (Å²) in [4.78, 5) is 0. The Balaban J connectivity index is 2.08. The van der Waals surface area contributed by atoms with Gasteiger partial charge in [0.1, 0.15) is 0 Å². The summed E-state index contributed by atoms with van der Waals surface area (Å²) in [5.74, 6) is 1.56. The first-order chi connectivity index (χ1) is 9.22. The molecule has 0 aliphatic heterocycles. The van der Waals surface area contributed by atoms with E-state index < -0.39 is 5.60 Å². The summed E-state index contributed by atoms with van der Waals surface area (Å²) in [5.41, 5.74) is 6.08. The Kier molecular flexibility index (Phi) is 4.57. The van der Waals surface area contributed by atoms with E-state index in [1.54, 1.807) is 0 Å². The van der Waals surface area contributed by atoms with E-state index in [4.69, 9.17) is 5.73 Å². The van der Waals surface area contributed by atoms with Crippen LogP contribution < -0.4 is 5.73 Å². The second-order valence-corrected chi connectivity index (χ2v) is 8.84. The van der Waals surface area contributed by atoms with E-state index in [1.165, 1.54) is 25.7 Å². The maximum absolute atomic E-state index is 11.3. The third-order valence-corrected chi connectivity index (χ3v) is 6.65. The van der Waals surface area contributed by atoms with Crippen LogP contribution in [0.4, 0.5) is 0 Å². The lowest BCUT2D eigenvalue weighted by Gasteiger charge is -2.54. The summed E-state index contributed by atoms with van der Waals surface area (Å²) >= 11 is 0. The van der Waals surface area contributed by atoms with Gasteiger partial charge in [0.15, 0.2) is 0 Å². The van der Waals surface area contributed by atoms with Crippen molar-refractivity contribution in [1.82, 2.24) is 0 Å². The third kappa shape index (κ3) is 2.92. The molecule has 0 spiro atoms. The van der Waals surface area contributed by atoms with Crippen LogP contribution in [0.1, 0.15) is 79.1 Å². The van der Waals surface area contributed by atoms with Crippen molar-refractivity contribution in [2.45, 2.75) is 84.7 Å². The molecule has 2 saturated carbocycles. The largest absolute Gasteiger partial charge is 0.389 e. The average Bonchev–Trinajstić information content (AvgIpc) is 2.41. The summed E-state index contributed by atoms with van der Waals surface area (Å²) in [6.07, 6.45) is 8.97. The molecule has 0 aromatic rings. The molecule has 0 amide bonds. The van der Waals surface area contributed by atoms with E-state index >= 15 is 0 Å². The molecular weight excluding hydrogens is 246 g/mol. The zero-order chi connectivity index (χ0) is 15.0. The van der Waals surface area contributed by atoms with Crippen LogP contribution in [0.2, 0.25) is 0 Å². The molecule has 0 aromatic heterocycles. The van der Waals surface area contributed by atoms with Crippen LogP contribution in [0, 0.1) is 22.7 Å². The van der Waals surface area contributed by atoms with Crippen molar-refractivity contribution in [2.75, 3.05) is 6.54 Å². The van der Waals surface area contributed by atoms with Gasteiger partial charge in [-0.3, -0.25) is 0 Å². The molecular formula is C18H35NO. The highest BCUT2D eigenvalue weighted by atomic mass is 16.3. The summed E-state index contributed by atoms with van der Waals surface area (Å²) in [5, 5.41) is 11.3. The molecule has 0 unspecified atom stereocenters. The maximum atomic E-state index is 11.3. The van der Waals surface area contributed by atoms with Crippen LogP contribution in [0.3, 0.4) is 0 Å². The van der Waals surface area contributed by atoms with Gasteiger partial charge in [-0.2, -0.15) is 0 Å². The molecule has 2 heteroatoms. The van der Waals surface area contributed by atoms with Crippen LogP contribution in [0.15, 0.2) is 0 Å². The van der Waals surface area contributed by atoms with E-state index in [1.807, 2.05) is 0 Å². The van der Waals surface area contributed by atoms with Crippen molar-refractivity contribution in [3.05, 3.63) is 0 Å². The van der Waals surface area contributed by atoms with Gasteiger partial charge in [-0.05, 0) is 68.6 Å². The summed E-state index contributed by atoms with van der Waals surface area (Å²) in [7, 11) is 0. The number of hydrogen-bond acceptors (Lipinski definition) is 2. The van der Waals surface area contributed by atoms with Crippen LogP contribution in [-0.4, -0.2) is 17.3 Å². The quantitative estimate of drug-likeness (QED) is 0.800. The van der Waals surface area contributed by atoms with Crippen molar-refractivity contribution >= 4 is 0 Å².